The second kappa shape index (κ2) is 5.65. The van der Waals surface area contributed by atoms with Gasteiger partial charge in [-0.2, -0.15) is 11.8 Å². The van der Waals surface area contributed by atoms with Gasteiger partial charge in [0, 0.05) is 27.5 Å². The van der Waals surface area contributed by atoms with Crippen molar-refractivity contribution in [3.8, 4) is 5.75 Å². The first-order chi connectivity index (χ1) is 10.4. The van der Waals surface area contributed by atoms with Crippen molar-refractivity contribution in [3.05, 3.63) is 50.7 Å². The summed E-state index contributed by atoms with van der Waals surface area (Å²) in [4.78, 5) is 2.83. The Kier molecular flexibility index (Phi) is 3.67. The van der Waals surface area contributed by atoms with Crippen LogP contribution in [0.25, 0.3) is 0 Å². The van der Waals surface area contributed by atoms with E-state index in [9.17, 15) is 0 Å². The van der Waals surface area contributed by atoms with Crippen LogP contribution in [0.3, 0.4) is 0 Å². The first-order valence-corrected chi connectivity index (χ1v) is 9.24. The molecule has 2 aliphatic heterocycles. The van der Waals surface area contributed by atoms with Gasteiger partial charge in [0.05, 0.1) is 12.6 Å². The molecule has 21 heavy (non-hydrogen) atoms. The van der Waals surface area contributed by atoms with Crippen LogP contribution in [0, 0.1) is 0 Å². The Bertz CT molecular complexity index is 645. The molecule has 5 heteroatoms. The molecule has 2 aliphatic rings. The summed E-state index contributed by atoms with van der Waals surface area (Å²) < 4.78 is 5.84. The molecule has 2 aromatic rings. The van der Waals surface area contributed by atoms with Crippen LogP contribution in [0.2, 0.25) is 0 Å². The molecular weight excluding hydrogens is 300 g/mol. The van der Waals surface area contributed by atoms with E-state index in [1.165, 1.54) is 38.6 Å². The highest BCUT2D eigenvalue weighted by Gasteiger charge is 2.25. The van der Waals surface area contributed by atoms with Crippen molar-refractivity contribution in [1.29, 1.82) is 0 Å². The quantitative estimate of drug-likeness (QED) is 0.674. The molecule has 1 atom stereocenters. The Balaban J connectivity index is 1.75. The Labute approximate surface area is 132 Å². The van der Waals surface area contributed by atoms with Crippen LogP contribution in [0.15, 0.2) is 24.3 Å². The molecule has 1 aromatic carbocycles. The van der Waals surface area contributed by atoms with Crippen molar-refractivity contribution >= 4 is 23.1 Å². The van der Waals surface area contributed by atoms with Gasteiger partial charge in [-0.1, -0.05) is 18.2 Å². The largest absolute Gasteiger partial charge is 0.493 e. The summed E-state index contributed by atoms with van der Waals surface area (Å²) in [6, 6.07) is 8.73. The zero-order valence-electron chi connectivity index (χ0n) is 11.7. The van der Waals surface area contributed by atoms with Gasteiger partial charge in [-0.15, -0.1) is 11.3 Å². The standard InChI is InChI=1S/C16H18N2OS2/c17-18-15(12-3-1-2-10-4-6-19-16(10)12)14-8-11-9-20-7-5-13(11)21-14/h1-3,8,15,18H,4-7,9,17H2. The van der Waals surface area contributed by atoms with Crippen LogP contribution < -0.4 is 16.0 Å². The summed E-state index contributed by atoms with van der Waals surface area (Å²) >= 11 is 3.91. The smallest absolute Gasteiger partial charge is 0.127 e. The SMILES string of the molecule is NNC(c1cc2c(s1)CCSC2)c1cccc2c1OCC2. The topological polar surface area (TPSA) is 47.3 Å². The van der Waals surface area contributed by atoms with E-state index in [1.54, 1.807) is 0 Å². The summed E-state index contributed by atoms with van der Waals surface area (Å²) in [5, 5.41) is 0. The lowest BCUT2D eigenvalue weighted by Crippen LogP contribution is -2.28. The summed E-state index contributed by atoms with van der Waals surface area (Å²) in [6.07, 6.45) is 2.18. The van der Waals surface area contributed by atoms with Crippen LogP contribution in [0.1, 0.15) is 32.5 Å². The molecule has 0 saturated carbocycles. The minimum Gasteiger partial charge on any atom is -0.493 e. The fourth-order valence-corrected chi connectivity index (χ4v) is 5.56. The fourth-order valence-electron chi connectivity index (χ4n) is 3.11. The van der Waals surface area contributed by atoms with Gasteiger partial charge in [-0.25, -0.2) is 5.43 Å². The van der Waals surface area contributed by atoms with Gasteiger partial charge < -0.3 is 4.74 Å². The average molecular weight is 318 g/mol. The summed E-state index contributed by atoms with van der Waals surface area (Å²) in [6.45, 7) is 0.779. The number of nitrogens with one attached hydrogen (secondary N) is 1. The molecule has 0 radical (unpaired) electrons. The minimum atomic E-state index is 0.0265. The molecule has 4 rings (SSSR count). The van der Waals surface area contributed by atoms with Crippen LogP contribution in [-0.2, 0) is 18.6 Å². The number of aryl methyl sites for hydroxylation is 1. The number of fused-ring (bicyclic) bond motifs is 2. The number of thioether (sulfide) groups is 1. The molecular formula is C16H18N2OS2. The van der Waals surface area contributed by atoms with Crippen molar-refractivity contribution in [3.63, 3.8) is 0 Å². The first-order valence-electron chi connectivity index (χ1n) is 7.27. The lowest BCUT2D eigenvalue weighted by Gasteiger charge is -2.17. The third kappa shape index (κ3) is 2.38. The molecule has 0 saturated heterocycles. The minimum absolute atomic E-state index is 0.0265. The monoisotopic (exact) mass is 318 g/mol. The number of para-hydroxylation sites is 1. The lowest BCUT2D eigenvalue weighted by molar-refractivity contribution is 0.350. The van der Waals surface area contributed by atoms with Gasteiger partial charge in [0.25, 0.3) is 0 Å². The van der Waals surface area contributed by atoms with Crippen molar-refractivity contribution in [1.82, 2.24) is 5.43 Å². The highest BCUT2D eigenvalue weighted by Crippen LogP contribution is 2.40. The maximum Gasteiger partial charge on any atom is 0.127 e. The molecule has 0 spiro atoms. The molecule has 0 fully saturated rings. The third-order valence-electron chi connectivity index (χ3n) is 4.15. The Morgan fingerprint density at radius 1 is 1.24 bits per heavy atom. The first kappa shape index (κ1) is 13.6. The van der Waals surface area contributed by atoms with Crippen LogP contribution in [0.4, 0.5) is 0 Å². The maximum absolute atomic E-state index is 5.88. The number of hydrogen-bond donors (Lipinski definition) is 2. The molecule has 3 heterocycles. The molecule has 0 aliphatic carbocycles. The Hall–Kier alpha value is -1.01. The average Bonchev–Trinajstić information content (AvgIpc) is 3.14. The van der Waals surface area contributed by atoms with Crippen LogP contribution in [0.5, 0.6) is 5.75 Å². The van der Waals surface area contributed by atoms with E-state index >= 15 is 0 Å². The van der Waals surface area contributed by atoms with E-state index in [2.05, 4.69) is 29.7 Å². The molecule has 3 nitrogen and oxygen atoms in total. The van der Waals surface area contributed by atoms with E-state index in [1.807, 2.05) is 23.1 Å². The number of hydrazine groups is 1. The predicted molar refractivity (Wildman–Crippen MR) is 89.0 cm³/mol. The number of thiophene rings is 1. The van der Waals surface area contributed by atoms with Gasteiger partial charge in [0.1, 0.15) is 5.75 Å². The van der Waals surface area contributed by atoms with Gasteiger partial charge in [-0.3, -0.25) is 5.84 Å². The highest BCUT2D eigenvalue weighted by molar-refractivity contribution is 7.98. The van der Waals surface area contributed by atoms with Gasteiger partial charge in [-0.05, 0) is 29.4 Å². The van der Waals surface area contributed by atoms with E-state index in [0.29, 0.717) is 0 Å². The number of benzene rings is 1. The second-order valence-electron chi connectivity index (χ2n) is 5.43. The van der Waals surface area contributed by atoms with Crippen LogP contribution >= 0.6 is 23.1 Å². The number of nitrogens with two attached hydrogens (primary N) is 1. The molecule has 1 unspecified atom stereocenters. The lowest BCUT2D eigenvalue weighted by atomic mass is 10.0. The van der Waals surface area contributed by atoms with Gasteiger partial charge >= 0.3 is 0 Å². The van der Waals surface area contributed by atoms with Crippen molar-refractivity contribution in [2.24, 2.45) is 5.84 Å². The summed E-state index contributed by atoms with van der Waals surface area (Å²) in [7, 11) is 0. The normalized spacial score (nSPS) is 18.0. The summed E-state index contributed by atoms with van der Waals surface area (Å²) in [5.41, 5.74) is 6.94. The molecule has 110 valence electrons. The van der Waals surface area contributed by atoms with E-state index in [-0.39, 0.29) is 6.04 Å². The third-order valence-corrected chi connectivity index (χ3v) is 6.46. The van der Waals surface area contributed by atoms with E-state index in [4.69, 9.17) is 10.6 Å². The number of ether oxygens (including phenoxy) is 1. The van der Waals surface area contributed by atoms with E-state index in [0.717, 1.165) is 24.5 Å². The highest BCUT2D eigenvalue weighted by atomic mass is 32.2. The van der Waals surface area contributed by atoms with E-state index < -0.39 is 0 Å². The molecule has 1 aromatic heterocycles. The maximum atomic E-state index is 5.88. The molecule has 3 N–H and O–H groups in total. The predicted octanol–water partition coefficient (Wildman–Crippen LogP) is 3.03. The zero-order valence-corrected chi connectivity index (χ0v) is 13.4. The number of hydrogen-bond acceptors (Lipinski definition) is 5. The van der Waals surface area contributed by atoms with Crippen molar-refractivity contribution in [2.45, 2.75) is 24.6 Å². The van der Waals surface area contributed by atoms with Crippen molar-refractivity contribution in [2.75, 3.05) is 12.4 Å². The van der Waals surface area contributed by atoms with Crippen LogP contribution in [-0.4, -0.2) is 12.4 Å². The second-order valence-corrected chi connectivity index (χ2v) is 7.71. The summed E-state index contributed by atoms with van der Waals surface area (Å²) in [5.74, 6) is 9.28. The molecule has 0 bridgehead atoms. The molecule has 0 amide bonds. The van der Waals surface area contributed by atoms with Crippen molar-refractivity contribution < 1.29 is 4.74 Å². The Morgan fingerprint density at radius 2 is 2.19 bits per heavy atom. The van der Waals surface area contributed by atoms with Gasteiger partial charge in [0.15, 0.2) is 0 Å². The fraction of sp³-hybridized carbons (Fsp3) is 0.375. The van der Waals surface area contributed by atoms with Gasteiger partial charge in [0.2, 0.25) is 0 Å². The Morgan fingerprint density at radius 3 is 3.05 bits per heavy atom. The number of rotatable bonds is 3. The zero-order chi connectivity index (χ0) is 14.2.